The van der Waals surface area contributed by atoms with Crippen molar-refractivity contribution in [1.29, 1.82) is 0 Å². The van der Waals surface area contributed by atoms with Crippen molar-refractivity contribution >= 4 is 23.5 Å². The Balaban J connectivity index is 0.0000152. The largest absolute Gasteiger partial charge is 1.00 e. The SMILES string of the molecule is CCCCCCCCCCCCCCCCCCNC(=O)OCC(COC(=O)NCc1scc[n+]1CC)OC.[I-]. The monoisotopic (exact) mass is 697 g/mol. The Hall–Kier alpha value is -1.14. The number of halogens is 1. The predicted molar refractivity (Wildman–Crippen MR) is 158 cm³/mol. The number of alkyl carbamates (subject to hydrolysis) is 2. The standard InChI is InChI=1S/C30H55N3O5S.HI/c1-4-6-7-8-9-10-11-12-13-14-15-16-17-18-19-20-21-31-29(34)37-25-27(36-3)26-38-30(35)32-24-28-33(5-2)22-23-39-28;/h22-23,27H,4-21,24-26H2,1-3H3,(H-,31,32,34,35);1H. The minimum Gasteiger partial charge on any atom is -1.00 e. The van der Waals surface area contributed by atoms with Gasteiger partial charge < -0.3 is 48.8 Å². The average molecular weight is 698 g/mol. The number of rotatable bonds is 25. The van der Waals surface area contributed by atoms with Crippen LogP contribution >= 0.6 is 11.3 Å². The van der Waals surface area contributed by atoms with Gasteiger partial charge >= 0.3 is 12.2 Å². The molecule has 0 bridgehead atoms. The Kier molecular flexibility index (Phi) is 27.2. The highest BCUT2D eigenvalue weighted by Gasteiger charge is 2.16. The lowest BCUT2D eigenvalue weighted by molar-refractivity contribution is -0.695. The van der Waals surface area contributed by atoms with E-state index in [0.717, 1.165) is 24.4 Å². The number of hydrogen-bond donors (Lipinski definition) is 2. The van der Waals surface area contributed by atoms with Gasteiger partial charge in [-0.1, -0.05) is 115 Å². The van der Waals surface area contributed by atoms with Crippen LogP contribution in [-0.4, -0.2) is 45.2 Å². The summed E-state index contributed by atoms with van der Waals surface area (Å²) in [6, 6.07) is 0. The van der Waals surface area contributed by atoms with Gasteiger partial charge in [-0.2, -0.15) is 4.57 Å². The van der Waals surface area contributed by atoms with Crippen LogP contribution < -0.4 is 39.2 Å². The van der Waals surface area contributed by atoms with E-state index in [2.05, 4.69) is 29.0 Å². The Morgan fingerprint density at radius 3 is 1.73 bits per heavy atom. The minimum absolute atomic E-state index is 0. The first-order valence-electron chi connectivity index (χ1n) is 15.4. The van der Waals surface area contributed by atoms with Crippen LogP contribution in [0, 0.1) is 0 Å². The number of aromatic nitrogens is 1. The van der Waals surface area contributed by atoms with E-state index in [9.17, 15) is 9.59 Å². The number of hydrogen-bond acceptors (Lipinski definition) is 6. The van der Waals surface area contributed by atoms with Gasteiger partial charge in [-0.15, -0.1) is 0 Å². The molecule has 234 valence electrons. The molecular formula is C30H56IN3O5S. The van der Waals surface area contributed by atoms with E-state index in [1.54, 1.807) is 11.3 Å². The fourth-order valence-corrected chi connectivity index (χ4v) is 5.24. The van der Waals surface area contributed by atoms with Crippen LogP contribution in [0.2, 0.25) is 0 Å². The van der Waals surface area contributed by atoms with Crippen LogP contribution in [0.5, 0.6) is 0 Å². The highest BCUT2D eigenvalue weighted by molar-refractivity contribution is 7.09. The first kappa shape index (κ1) is 38.9. The van der Waals surface area contributed by atoms with Crippen molar-refractivity contribution in [2.75, 3.05) is 26.9 Å². The first-order valence-corrected chi connectivity index (χ1v) is 16.3. The minimum atomic E-state index is -0.527. The van der Waals surface area contributed by atoms with Crippen molar-refractivity contribution in [2.45, 2.75) is 136 Å². The zero-order valence-corrected chi connectivity index (χ0v) is 28.3. The molecule has 2 N–H and O–H groups in total. The van der Waals surface area contributed by atoms with Gasteiger partial charge in [0.2, 0.25) is 0 Å². The number of carbonyl (C=O) groups excluding carboxylic acids is 2. The summed E-state index contributed by atoms with van der Waals surface area (Å²) in [7, 11) is 1.50. The quantitative estimate of drug-likeness (QED) is 0.0905. The fraction of sp³-hybridized carbons (Fsp3) is 0.833. The molecule has 0 aliphatic carbocycles. The molecule has 0 radical (unpaired) electrons. The molecule has 1 heterocycles. The van der Waals surface area contributed by atoms with Crippen molar-refractivity contribution in [1.82, 2.24) is 10.6 Å². The van der Waals surface area contributed by atoms with Gasteiger partial charge in [0.1, 0.15) is 32.4 Å². The van der Waals surface area contributed by atoms with Gasteiger partial charge in [0.05, 0.1) is 5.38 Å². The summed E-state index contributed by atoms with van der Waals surface area (Å²) < 4.78 is 17.8. The van der Waals surface area contributed by atoms with E-state index >= 15 is 0 Å². The van der Waals surface area contributed by atoms with Crippen LogP contribution in [0.1, 0.15) is 122 Å². The van der Waals surface area contributed by atoms with Gasteiger partial charge in [-0.25, -0.2) is 9.59 Å². The number of unbranched alkanes of at least 4 members (excludes halogenated alkanes) is 15. The van der Waals surface area contributed by atoms with Crippen molar-refractivity contribution < 1.29 is 52.3 Å². The molecule has 0 saturated carbocycles. The summed E-state index contributed by atoms with van der Waals surface area (Å²) in [6.45, 7) is 6.21. The maximum absolute atomic E-state index is 12.0. The third-order valence-corrected chi connectivity index (χ3v) is 7.83. The normalized spacial score (nSPS) is 11.5. The highest BCUT2D eigenvalue weighted by atomic mass is 127. The molecule has 0 aliphatic heterocycles. The van der Waals surface area contributed by atoms with E-state index in [1.807, 2.05) is 11.6 Å². The van der Waals surface area contributed by atoms with Gasteiger partial charge in [-0.05, 0) is 13.3 Å². The fourth-order valence-electron chi connectivity index (χ4n) is 4.39. The molecule has 1 aromatic rings. The Bertz CT molecular complexity index is 738. The molecule has 10 heteroatoms. The third kappa shape index (κ3) is 21.6. The third-order valence-electron chi connectivity index (χ3n) is 6.92. The van der Waals surface area contributed by atoms with E-state index in [4.69, 9.17) is 14.2 Å². The van der Waals surface area contributed by atoms with Crippen LogP contribution in [-0.2, 0) is 27.3 Å². The maximum Gasteiger partial charge on any atom is 0.407 e. The molecule has 0 fully saturated rings. The molecule has 0 saturated heterocycles. The molecule has 2 amide bonds. The van der Waals surface area contributed by atoms with E-state index in [1.165, 1.54) is 97.0 Å². The van der Waals surface area contributed by atoms with Crippen molar-refractivity contribution in [2.24, 2.45) is 0 Å². The first-order chi connectivity index (χ1) is 19.1. The second-order valence-electron chi connectivity index (χ2n) is 10.2. The van der Waals surface area contributed by atoms with E-state index in [-0.39, 0.29) is 37.2 Å². The smallest absolute Gasteiger partial charge is 0.407 e. The van der Waals surface area contributed by atoms with Crippen LogP contribution in [0.3, 0.4) is 0 Å². The lowest BCUT2D eigenvalue weighted by atomic mass is 10.0. The molecule has 0 spiro atoms. The number of ether oxygens (including phenoxy) is 3. The van der Waals surface area contributed by atoms with Crippen molar-refractivity contribution in [3.63, 3.8) is 0 Å². The summed E-state index contributed by atoms with van der Waals surface area (Å²) in [5.41, 5.74) is 0. The summed E-state index contributed by atoms with van der Waals surface area (Å²) in [4.78, 5) is 23.9. The van der Waals surface area contributed by atoms with Crippen molar-refractivity contribution in [3.05, 3.63) is 16.6 Å². The molecule has 0 aliphatic rings. The van der Waals surface area contributed by atoms with E-state index < -0.39 is 18.3 Å². The predicted octanol–water partition coefficient (Wildman–Crippen LogP) is 4.29. The molecule has 0 aromatic carbocycles. The van der Waals surface area contributed by atoms with E-state index in [0.29, 0.717) is 13.1 Å². The molecule has 1 rings (SSSR count). The Labute approximate surface area is 264 Å². The second kappa shape index (κ2) is 28.0. The zero-order valence-electron chi connectivity index (χ0n) is 25.4. The number of aryl methyl sites for hydroxylation is 1. The molecule has 1 atom stereocenters. The summed E-state index contributed by atoms with van der Waals surface area (Å²) >= 11 is 1.58. The summed E-state index contributed by atoms with van der Waals surface area (Å²) in [5.74, 6) is 0. The number of thiazole rings is 1. The van der Waals surface area contributed by atoms with Crippen LogP contribution in [0.15, 0.2) is 11.6 Å². The molecule has 40 heavy (non-hydrogen) atoms. The zero-order chi connectivity index (χ0) is 28.4. The van der Waals surface area contributed by atoms with Gasteiger partial charge in [0.15, 0.2) is 6.20 Å². The van der Waals surface area contributed by atoms with Crippen LogP contribution in [0.4, 0.5) is 9.59 Å². The lowest BCUT2D eigenvalue weighted by Gasteiger charge is -2.16. The molecule has 8 nitrogen and oxygen atoms in total. The number of carbonyl (C=O) groups is 2. The topological polar surface area (TPSA) is 89.8 Å². The molecule has 1 aromatic heterocycles. The maximum atomic E-state index is 12.0. The number of methoxy groups -OCH3 is 1. The van der Waals surface area contributed by atoms with Crippen LogP contribution in [0.25, 0.3) is 0 Å². The van der Waals surface area contributed by atoms with Gasteiger partial charge in [-0.3, -0.25) is 0 Å². The second-order valence-corrected chi connectivity index (χ2v) is 11.2. The number of amides is 2. The van der Waals surface area contributed by atoms with Crippen molar-refractivity contribution in [3.8, 4) is 0 Å². The Morgan fingerprint density at radius 1 is 0.775 bits per heavy atom. The molecular weight excluding hydrogens is 641 g/mol. The lowest BCUT2D eigenvalue weighted by Crippen LogP contribution is -3.00. The number of nitrogens with zero attached hydrogens (tertiary/aromatic N) is 1. The Morgan fingerprint density at radius 2 is 1.25 bits per heavy atom. The van der Waals surface area contributed by atoms with Gasteiger partial charge in [0, 0.05) is 13.7 Å². The average Bonchev–Trinajstić information content (AvgIpc) is 3.41. The summed E-state index contributed by atoms with van der Waals surface area (Å²) in [5, 5.41) is 8.54. The number of nitrogens with one attached hydrogen (secondary N) is 2. The molecule has 1 unspecified atom stereocenters. The highest BCUT2D eigenvalue weighted by Crippen LogP contribution is 2.13. The van der Waals surface area contributed by atoms with Gasteiger partial charge in [0.25, 0.3) is 5.01 Å². The summed E-state index contributed by atoms with van der Waals surface area (Å²) in [6.07, 6.45) is 21.7.